The fraction of sp³-hybridized carbons (Fsp3) is 0.320. The Balaban J connectivity index is 1.52. The van der Waals surface area contributed by atoms with Gasteiger partial charge in [0.25, 0.3) is 5.89 Å². The standard InChI is InChI=1S/C25H20F6N6O6S/c1-2-23(39,25(29,30)31)21-35-34-19(42-21)14-7-8-17-16(9-14)37(20(38)15(32)11-44(17,40)41)10-12-3-5-13(6-4-12)18-33-22(43-36-18)24(26,27)28/h3-9,15,39H,2,10-11,32H2,1H3/t15-,23?/m0/s1. The van der Waals surface area contributed by atoms with Gasteiger partial charge in [-0.05, 0) is 30.2 Å². The minimum absolute atomic E-state index is 0.0699. The molecule has 2 aromatic carbocycles. The summed E-state index contributed by atoms with van der Waals surface area (Å²) in [5.74, 6) is -5.08. The van der Waals surface area contributed by atoms with Gasteiger partial charge in [0.15, 0.2) is 9.84 Å². The van der Waals surface area contributed by atoms with Crippen LogP contribution in [-0.4, -0.2) is 57.7 Å². The highest BCUT2D eigenvalue weighted by Gasteiger charge is 2.57. The van der Waals surface area contributed by atoms with Crippen molar-refractivity contribution in [1.29, 1.82) is 0 Å². The minimum atomic E-state index is -5.15. The first kappa shape index (κ1) is 31.1. The van der Waals surface area contributed by atoms with Crippen LogP contribution < -0.4 is 10.6 Å². The highest BCUT2D eigenvalue weighted by molar-refractivity contribution is 7.91. The molecule has 1 aliphatic rings. The zero-order chi connectivity index (χ0) is 32.2. The van der Waals surface area contributed by atoms with E-state index in [1.165, 1.54) is 30.3 Å². The van der Waals surface area contributed by atoms with Gasteiger partial charge in [0.2, 0.25) is 23.2 Å². The van der Waals surface area contributed by atoms with Crippen molar-refractivity contribution in [2.45, 2.75) is 48.8 Å². The third kappa shape index (κ3) is 5.52. The van der Waals surface area contributed by atoms with Gasteiger partial charge >= 0.3 is 18.2 Å². The summed E-state index contributed by atoms with van der Waals surface area (Å²) in [6, 6.07) is 7.50. The Kier molecular flexibility index (Phi) is 7.53. The van der Waals surface area contributed by atoms with E-state index >= 15 is 0 Å². The number of anilines is 1. The van der Waals surface area contributed by atoms with Crippen molar-refractivity contribution in [1.82, 2.24) is 20.3 Å². The zero-order valence-electron chi connectivity index (χ0n) is 22.2. The summed E-state index contributed by atoms with van der Waals surface area (Å²) < 4.78 is 115. The van der Waals surface area contributed by atoms with Crippen LogP contribution in [0.2, 0.25) is 0 Å². The quantitative estimate of drug-likeness (QED) is 0.292. The normalized spacial score (nSPS) is 18.5. The lowest BCUT2D eigenvalue weighted by atomic mass is 10.0. The number of nitrogens with two attached hydrogens (primary N) is 1. The number of alkyl halides is 6. The summed E-state index contributed by atoms with van der Waals surface area (Å²) >= 11 is 0. The number of aliphatic hydroxyl groups is 1. The van der Waals surface area contributed by atoms with Crippen LogP contribution in [0.4, 0.5) is 32.0 Å². The van der Waals surface area contributed by atoms with Crippen LogP contribution in [0.15, 0.2) is 56.3 Å². The van der Waals surface area contributed by atoms with Crippen LogP contribution in [0.25, 0.3) is 22.8 Å². The van der Waals surface area contributed by atoms with E-state index in [2.05, 4.69) is 24.9 Å². The first-order valence-electron chi connectivity index (χ1n) is 12.5. The Bertz CT molecular complexity index is 1820. The highest BCUT2D eigenvalue weighted by Crippen LogP contribution is 2.42. The minimum Gasteiger partial charge on any atom is -0.417 e. The number of rotatable bonds is 6. The number of benzene rings is 2. The maximum Gasteiger partial charge on any atom is 0.471 e. The van der Waals surface area contributed by atoms with Crippen LogP contribution in [0, 0.1) is 0 Å². The molecule has 3 N–H and O–H groups in total. The lowest BCUT2D eigenvalue weighted by Gasteiger charge is -2.25. The second-order valence-corrected chi connectivity index (χ2v) is 11.7. The Labute approximate surface area is 243 Å². The van der Waals surface area contributed by atoms with Gasteiger partial charge in [0.05, 0.1) is 28.9 Å². The molecule has 0 spiro atoms. The smallest absolute Gasteiger partial charge is 0.417 e. The Morgan fingerprint density at radius 1 is 1.02 bits per heavy atom. The second-order valence-electron chi connectivity index (χ2n) is 9.74. The molecular formula is C25H20F6N6O6S. The maximum absolute atomic E-state index is 13.5. The van der Waals surface area contributed by atoms with Crippen molar-refractivity contribution in [2.75, 3.05) is 10.7 Å². The van der Waals surface area contributed by atoms with Gasteiger partial charge in [-0.1, -0.05) is 36.3 Å². The van der Waals surface area contributed by atoms with E-state index in [1.807, 2.05) is 0 Å². The van der Waals surface area contributed by atoms with Crippen molar-refractivity contribution in [3.63, 3.8) is 0 Å². The van der Waals surface area contributed by atoms with Gasteiger partial charge < -0.3 is 24.7 Å². The van der Waals surface area contributed by atoms with E-state index in [0.29, 0.717) is 5.56 Å². The average molecular weight is 647 g/mol. The maximum atomic E-state index is 13.5. The predicted octanol–water partition coefficient (Wildman–Crippen LogP) is 3.61. The summed E-state index contributed by atoms with van der Waals surface area (Å²) in [5.41, 5.74) is 2.73. The molecule has 44 heavy (non-hydrogen) atoms. The fourth-order valence-corrected chi connectivity index (χ4v) is 5.94. The molecule has 1 unspecified atom stereocenters. The zero-order valence-corrected chi connectivity index (χ0v) is 23.0. The van der Waals surface area contributed by atoms with Gasteiger partial charge in [0.1, 0.15) is 0 Å². The SMILES string of the molecule is CCC(O)(c1nnc(-c2ccc3c(c2)N(Cc2ccc(-c4noc(C(F)(F)F)n4)cc2)C(=O)[C@@H](N)CS3(=O)=O)o1)C(F)(F)F. The monoisotopic (exact) mass is 646 g/mol. The number of fused-ring (bicyclic) bond motifs is 1. The molecule has 0 fully saturated rings. The van der Waals surface area contributed by atoms with Crippen molar-refractivity contribution < 1.29 is 53.6 Å². The van der Waals surface area contributed by atoms with Gasteiger partial charge in [-0.3, -0.25) is 4.79 Å². The summed E-state index contributed by atoms with van der Waals surface area (Å²) in [5, 5.41) is 20.4. The van der Waals surface area contributed by atoms with Crippen molar-refractivity contribution >= 4 is 21.4 Å². The molecule has 2 atom stereocenters. The Morgan fingerprint density at radius 2 is 1.68 bits per heavy atom. The van der Waals surface area contributed by atoms with Gasteiger partial charge in [-0.25, -0.2) is 8.42 Å². The number of hydrogen-bond donors (Lipinski definition) is 2. The molecule has 0 saturated heterocycles. The van der Waals surface area contributed by atoms with Gasteiger partial charge in [-0.2, -0.15) is 31.3 Å². The van der Waals surface area contributed by atoms with Gasteiger partial charge in [-0.15, -0.1) is 10.2 Å². The Morgan fingerprint density at radius 3 is 2.27 bits per heavy atom. The number of carbonyl (C=O) groups is 1. The van der Waals surface area contributed by atoms with E-state index in [9.17, 15) is 44.7 Å². The van der Waals surface area contributed by atoms with Crippen molar-refractivity contribution in [2.24, 2.45) is 5.73 Å². The number of hydrogen-bond acceptors (Lipinski definition) is 11. The molecule has 1 aliphatic heterocycles. The molecule has 1 amide bonds. The van der Waals surface area contributed by atoms with E-state index in [1.54, 1.807) is 0 Å². The molecule has 19 heteroatoms. The molecule has 2 aromatic heterocycles. The van der Waals surface area contributed by atoms with Crippen LogP contribution >= 0.6 is 0 Å². The molecule has 12 nitrogen and oxygen atoms in total. The first-order chi connectivity index (χ1) is 20.4. The number of aromatic nitrogens is 4. The third-order valence-corrected chi connectivity index (χ3v) is 8.61. The summed E-state index contributed by atoms with van der Waals surface area (Å²) in [4.78, 5) is 17.3. The molecule has 0 aliphatic carbocycles. The van der Waals surface area contributed by atoms with E-state index in [4.69, 9.17) is 10.2 Å². The number of carbonyl (C=O) groups excluding carboxylic acids is 1. The van der Waals surface area contributed by atoms with Crippen LogP contribution in [0.3, 0.4) is 0 Å². The number of halogens is 6. The molecule has 5 rings (SSSR count). The molecule has 0 bridgehead atoms. The molecule has 3 heterocycles. The molecule has 234 valence electrons. The van der Waals surface area contributed by atoms with Gasteiger partial charge in [0, 0.05) is 11.1 Å². The lowest BCUT2D eigenvalue weighted by Crippen LogP contribution is -2.45. The average Bonchev–Trinajstić information content (AvgIpc) is 3.64. The molecule has 4 aromatic rings. The predicted molar refractivity (Wildman–Crippen MR) is 136 cm³/mol. The van der Waals surface area contributed by atoms with E-state index < -0.39 is 69.6 Å². The summed E-state index contributed by atoms with van der Waals surface area (Å²) in [6.07, 6.45) is -10.8. The van der Waals surface area contributed by atoms with Crippen LogP contribution in [-0.2, 0) is 33.0 Å². The lowest BCUT2D eigenvalue weighted by molar-refractivity contribution is -0.275. The van der Waals surface area contributed by atoms with Crippen molar-refractivity contribution in [3.05, 3.63) is 59.8 Å². The fourth-order valence-electron chi connectivity index (χ4n) is 4.38. The number of amides is 1. The topological polar surface area (TPSA) is 179 Å². The van der Waals surface area contributed by atoms with Crippen LogP contribution in [0.1, 0.15) is 30.7 Å². The summed E-state index contributed by atoms with van der Waals surface area (Å²) in [6.45, 7) is 0.781. The van der Waals surface area contributed by atoms with Crippen molar-refractivity contribution in [3.8, 4) is 22.8 Å². The molecule has 0 saturated carbocycles. The number of nitrogens with zero attached hydrogens (tertiary/aromatic N) is 5. The third-order valence-electron chi connectivity index (χ3n) is 6.79. The van der Waals surface area contributed by atoms with E-state index in [-0.39, 0.29) is 34.1 Å². The largest absolute Gasteiger partial charge is 0.471 e. The number of sulfone groups is 1. The molecular weight excluding hydrogens is 626 g/mol. The van der Waals surface area contributed by atoms with Crippen LogP contribution in [0.5, 0.6) is 0 Å². The Hall–Kier alpha value is -4.36. The first-order valence-corrected chi connectivity index (χ1v) is 14.2. The molecule has 0 radical (unpaired) electrons. The second kappa shape index (κ2) is 10.7. The van der Waals surface area contributed by atoms with E-state index in [0.717, 1.165) is 24.0 Å². The summed E-state index contributed by atoms with van der Waals surface area (Å²) in [7, 11) is -4.14. The highest BCUT2D eigenvalue weighted by atomic mass is 32.2.